The first-order valence-corrected chi connectivity index (χ1v) is 5.57. The average molecular weight is 238 g/mol. The fourth-order valence-corrected chi connectivity index (χ4v) is 1.67. The van der Waals surface area contributed by atoms with Crippen LogP contribution in [0.3, 0.4) is 0 Å². The minimum Gasteiger partial charge on any atom is -0.408 e. The van der Waals surface area contributed by atoms with Crippen LogP contribution in [0, 0.1) is 17.7 Å². The summed E-state index contributed by atoms with van der Waals surface area (Å²) in [6.45, 7) is 7.06. The van der Waals surface area contributed by atoms with Crippen molar-refractivity contribution in [1.29, 1.82) is 0 Å². The molecule has 0 aromatic carbocycles. The summed E-state index contributed by atoms with van der Waals surface area (Å²) in [5.41, 5.74) is 1.80. The molecule has 0 spiro atoms. The van der Waals surface area contributed by atoms with Crippen molar-refractivity contribution < 1.29 is 4.42 Å². The Balaban J connectivity index is 2.43. The largest absolute Gasteiger partial charge is 0.408 e. The molecule has 2 aromatic rings. The van der Waals surface area contributed by atoms with E-state index in [4.69, 9.17) is 16.6 Å². The molecular weight excluding hydrogens is 224 g/mol. The Kier molecular flexibility index (Phi) is 2.91. The second-order valence-electron chi connectivity index (χ2n) is 4.17. The zero-order valence-corrected chi connectivity index (χ0v) is 10.3. The number of aromatic nitrogens is 4. The molecule has 86 valence electrons. The maximum absolute atomic E-state index is 5.29. The maximum atomic E-state index is 5.29. The Hall–Kier alpha value is -1.43. The second kappa shape index (κ2) is 4.21. The molecule has 0 bridgehead atoms. The lowest BCUT2D eigenvalue weighted by molar-refractivity contribution is 0.474. The van der Waals surface area contributed by atoms with Crippen LogP contribution < -0.4 is 0 Å². The Morgan fingerprint density at radius 3 is 2.88 bits per heavy atom. The molecule has 1 N–H and O–H groups in total. The van der Waals surface area contributed by atoms with E-state index in [-0.39, 0.29) is 4.84 Å². The van der Waals surface area contributed by atoms with Crippen molar-refractivity contribution in [2.75, 3.05) is 0 Å². The average Bonchev–Trinajstić information content (AvgIpc) is 2.72. The van der Waals surface area contributed by atoms with Gasteiger partial charge in [-0.15, -0.1) is 5.10 Å². The number of nitrogens with one attached hydrogen (secondary N) is 1. The van der Waals surface area contributed by atoms with E-state index in [1.54, 1.807) is 0 Å². The van der Waals surface area contributed by atoms with Crippen molar-refractivity contribution in [1.82, 2.24) is 20.0 Å². The molecule has 16 heavy (non-hydrogen) atoms. The van der Waals surface area contributed by atoms with Gasteiger partial charge in [-0.2, -0.15) is 5.10 Å². The van der Waals surface area contributed by atoms with E-state index in [0.29, 0.717) is 11.8 Å². The number of hydrogen-bond acceptors (Lipinski definition) is 4. The first-order valence-electron chi connectivity index (χ1n) is 5.16. The third-order valence-electron chi connectivity index (χ3n) is 2.10. The van der Waals surface area contributed by atoms with Gasteiger partial charge < -0.3 is 4.42 Å². The Morgan fingerprint density at radius 2 is 2.31 bits per heavy atom. The van der Waals surface area contributed by atoms with Crippen molar-refractivity contribution >= 4 is 12.2 Å². The van der Waals surface area contributed by atoms with Gasteiger partial charge in [-0.25, -0.2) is 5.10 Å². The SMILES string of the molecule is Cc1cc(-c2n[nH]c(=S)o2)n(CC(C)C)n1. The fourth-order valence-electron chi connectivity index (χ4n) is 1.54. The van der Waals surface area contributed by atoms with Gasteiger partial charge in [0, 0.05) is 6.54 Å². The van der Waals surface area contributed by atoms with Crippen LogP contribution in [0.15, 0.2) is 10.5 Å². The molecule has 0 aliphatic carbocycles. The molecule has 0 aliphatic heterocycles. The van der Waals surface area contributed by atoms with Crippen LogP contribution in [-0.4, -0.2) is 20.0 Å². The first-order chi connectivity index (χ1) is 7.56. The van der Waals surface area contributed by atoms with Gasteiger partial charge in [0.1, 0.15) is 5.69 Å². The summed E-state index contributed by atoms with van der Waals surface area (Å²) in [7, 11) is 0. The van der Waals surface area contributed by atoms with Gasteiger partial charge in [-0.05, 0) is 31.1 Å². The van der Waals surface area contributed by atoms with Gasteiger partial charge in [0.15, 0.2) is 0 Å². The van der Waals surface area contributed by atoms with Crippen molar-refractivity contribution in [3.8, 4) is 11.6 Å². The van der Waals surface area contributed by atoms with E-state index in [2.05, 4.69) is 29.1 Å². The predicted molar refractivity (Wildman–Crippen MR) is 62.5 cm³/mol. The molecule has 0 atom stereocenters. The van der Waals surface area contributed by atoms with Gasteiger partial charge in [0.2, 0.25) is 0 Å². The second-order valence-corrected chi connectivity index (χ2v) is 4.54. The van der Waals surface area contributed by atoms with Gasteiger partial charge in [0.25, 0.3) is 10.7 Å². The van der Waals surface area contributed by atoms with Crippen molar-refractivity contribution in [3.63, 3.8) is 0 Å². The molecule has 2 rings (SSSR count). The van der Waals surface area contributed by atoms with Crippen LogP contribution in [0.2, 0.25) is 0 Å². The van der Waals surface area contributed by atoms with Crippen LogP contribution in [0.5, 0.6) is 0 Å². The highest BCUT2D eigenvalue weighted by Crippen LogP contribution is 2.19. The summed E-state index contributed by atoms with van der Waals surface area (Å²) in [6.07, 6.45) is 0. The van der Waals surface area contributed by atoms with Crippen LogP contribution >= 0.6 is 12.2 Å². The van der Waals surface area contributed by atoms with Crippen molar-refractivity contribution in [3.05, 3.63) is 16.6 Å². The van der Waals surface area contributed by atoms with E-state index in [1.165, 1.54) is 0 Å². The Labute approximate surface area is 98.5 Å². The molecule has 0 unspecified atom stereocenters. The molecule has 0 fully saturated rings. The number of H-pyrrole nitrogens is 1. The molecule has 6 heteroatoms. The summed E-state index contributed by atoms with van der Waals surface area (Å²) in [5, 5.41) is 11.0. The number of aromatic amines is 1. The zero-order chi connectivity index (χ0) is 11.7. The molecule has 0 saturated heterocycles. The van der Waals surface area contributed by atoms with Crippen LogP contribution in [0.1, 0.15) is 19.5 Å². The standard InChI is InChI=1S/C10H14N4OS/c1-6(2)5-14-8(4-7(3)13-14)9-11-12-10(16)15-9/h4,6H,5H2,1-3H3,(H,12,16). The number of rotatable bonds is 3. The lowest BCUT2D eigenvalue weighted by atomic mass is 10.2. The number of nitrogens with zero attached hydrogens (tertiary/aromatic N) is 3. The van der Waals surface area contributed by atoms with Gasteiger partial charge in [-0.3, -0.25) is 4.68 Å². The summed E-state index contributed by atoms with van der Waals surface area (Å²) in [5.74, 6) is 1.01. The third kappa shape index (κ3) is 2.21. The summed E-state index contributed by atoms with van der Waals surface area (Å²) >= 11 is 4.86. The van der Waals surface area contributed by atoms with Gasteiger partial charge >= 0.3 is 0 Å². The third-order valence-corrected chi connectivity index (χ3v) is 2.27. The molecule has 5 nitrogen and oxygen atoms in total. The molecule has 0 aliphatic rings. The predicted octanol–water partition coefficient (Wildman–Crippen LogP) is 2.56. The minimum absolute atomic E-state index is 0.282. The lowest BCUT2D eigenvalue weighted by Gasteiger charge is -2.06. The maximum Gasteiger partial charge on any atom is 0.284 e. The molecule has 2 aromatic heterocycles. The topological polar surface area (TPSA) is 59.6 Å². The van der Waals surface area contributed by atoms with Gasteiger partial charge in [-0.1, -0.05) is 13.8 Å². The van der Waals surface area contributed by atoms with E-state index in [9.17, 15) is 0 Å². The Bertz CT molecular complexity index is 537. The van der Waals surface area contributed by atoms with Crippen molar-refractivity contribution in [2.24, 2.45) is 5.92 Å². The first kappa shape index (κ1) is 11.1. The highest BCUT2D eigenvalue weighted by atomic mass is 32.1. The summed E-state index contributed by atoms with van der Waals surface area (Å²) in [4.78, 5) is 0.282. The normalized spacial score (nSPS) is 11.2. The van der Waals surface area contributed by atoms with Gasteiger partial charge in [0.05, 0.1) is 5.69 Å². The molecule has 0 saturated carbocycles. The quantitative estimate of drug-likeness (QED) is 0.835. The van der Waals surface area contributed by atoms with E-state index in [1.807, 2.05) is 17.7 Å². The molecule has 0 amide bonds. The van der Waals surface area contributed by atoms with E-state index >= 15 is 0 Å². The van der Waals surface area contributed by atoms with Crippen molar-refractivity contribution in [2.45, 2.75) is 27.3 Å². The highest BCUT2D eigenvalue weighted by Gasteiger charge is 2.13. The fraction of sp³-hybridized carbons (Fsp3) is 0.500. The van der Waals surface area contributed by atoms with Crippen LogP contribution in [0.25, 0.3) is 11.6 Å². The molecule has 2 heterocycles. The van der Waals surface area contributed by atoms with E-state index < -0.39 is 0 Å². The van der Waals surface area contributed by atoms with Crippen LogP contribution in [0.4, 0.5) is 0 Å². The van der Waals surface area contributed by atoms with Crippen LogP contribution in [-0.2, 0) is 6.54 Å². The zero-order valence-electron chi connectivity index (χ0n) is 9.52. The highest BCUT2D eigenvalue weighted by molar-refractivity contribution is 7.71. The minimum atomic E-state index is 0.282. The monoisotopic (exact) mass is 238 g/mol. The smallest absolute Gasteiger partial charge is 0.284 e. The summed E-state index contributed by atoms with van der Waals surface area (Å²) < 4.78 is 7.19. The Morgan fingerprint density at radius 1 is 1.56 bits per heavy atom. The van der Waals surface area contributed by atoms with E-state index in [0.717, 1.165) is 17.9 Å². The molecular formula is C10H14N4OS. The number of aryl methyl sites for hydroxylation is 1. The molecule has 0 radical (unpaired) electrons. The summed E-state index contributed by atoms with van der Waals surface area (Å²) in [6, 6.07) is 1.94. The number of hydrogen-bond donors (Lipinski definition) is 1. The lowest BCUT2D eigenvalue weighted by Crippen LogP contribution is -2.07.